The van der Waals surface area contributed by atoms with E-state index in [1.54, 1.807) is 58.0 Å². The largest absolute Gasteiger partial charge is 0.507 e. The van der Waals surface area contributed by atoms with E-state index in [0.717, 1.165) is 0 Å². The van der Waals surface area contributed by atoms with Crippen molar-refractivity contribution >= 4 is 45.2 Å². The second-order valence-electron chi connectivity index (χ2n) is 16.0. The number of hydrogen-bond acceptors (Lipinski definition) is 15. The van der Waals surface area contributed by atoms with Gasteiger partial charge >= 0.3 is 11.8 Å². The van der Waals surface area contributed by atoms with Crippen LogP contribution in [-0.4, -0.2) is 88.4 Å². The minimum atomic E-state index is -2.04. The van der Waals surface area contributed by atoms with Gasteiger partial charge in [0.25, 0.3) is 11.7 Å². The summed E-state index contributed by atoms with van der Waals surface area (Å²) in [4.78, 5) is 60.3. The normalized spacial score (nSPS) is 29.5. The number of aliphatic hydroxyl groups is 2. The smallest absolute Gasteiger partial charge is 0.312 e. The number of phenolic OH excluding ortho intramolecular Hbond substituents is 1. The van der Waals surface area contributed by atoms with Gasteiger partial charge in [-0.2, -0.15) is 0 Å². The van der Waals surface area contributed by atoms with E-state index in [1.165, 1.54) is 53.2 Å². The van der Waals surface area contributed by atoms with Gasteiger partial charge in [0.05, 0.1) is 35.5 Å². The van der Waals surface area contributed by atoms with Gasteiger partial charge < -0.3 is 54.5 Å². The van der Waals surface area contributed by atoms with Gasteiger partial charge in [0, 0.05) is 73.8 Å². The molecule has 326 valence electrons. The third kappa shape index (κ3) is 8.32. The lowest BCUT2D eigenvalue weighted by molar-refractivity contribution is -0.160. The molecule has 1 aliphatic carbocycles. The Morgan fingerprint density at radius 2 is 1.74 bits per heavy atom. The second-order valence-corrected chi connectivity index (χ2v) is 16.0. The summed E-state index contributed by atoms with van der Waals surface area (Å²) >= 11 is 0. The van der Waals surface area contributed by atoms with E-state index in [9.17, 15) is 34.5 Å². The number of methoxy groups -OCH3 is 1. The van der Waals surface area contributed by atoms with Crippen molar-refractivity contribution in [3.8, 4) is 28.7 Å². The Morgan fingerprint density at radius 1 is 1.02 bits per heavy atom. The Bertz CT molecular complexity index is 2490. The summed E-state index contributed by atoms with van der Waals surface area (Å²) in [6, 6.07) is 4.81. The number of amides is 1. The van der Waals surface area contributed by atoms with Crippen LogP contribution in [0.1, 0.15) is 64.4 Å². The van der Waals surface area contributed by atoms with Crippen LogP contribution in [0.4, 0.5) is 5.69 Å². The summed E-state index contributed by atoms with van der Waals surface area (Å²) in [5.74, 6) is -6.94. The number of allylic oxidation sites excluding steroid dienone is 2. The fraction of sp³-hybridized carbons (Fsp3) is 0.444. The number of ketones is 1. The number of benzene rings is 3. The molecule has 0 unspecified atom stereocenters. The fourth-order valence-electron chi connectivity index (χ4n) is 8.05. The van der Waals surface area contributed by atoms with Gasteiger partial charge in [-0.05, 0) is 32.1 Å². The van der Waals surface area contributed by atoms with Crippen LogP contribution < -0.4 is 26.0 Å². The van der Waals surface area contributed by atoms with Gasteiger partial charge in [-0.15, -0.1) is 0 Å². The van der Waals surface area contributed by atoms with Gasteiger partial charge in [-0.25, -0.2) is 4.98 Å². The number of carbonyl (C=O) groups is 3. The number of Topliss-reactive ketones (excluding diaryl/α,β-unsaturated/α-hetero) is 1. The van der Waals surface area contributed by atoms with Crippen molar-refractivity contribution in [1.29, 1.82) is 0 Å². The molecular weight excluding hydrogens is 791 g/mol. The number of ether oxygens (including phenoxy) is 5. The molecule has 16 nitrogen and oxygen atoms in total. The summed E-state index contributed by atoms with van der Waals surface area (Å²) in [6.45, 7) is 13.0. The van der Waals surface area contributed by atoms with Crippen LogP contribution in [0.5, 0.6) is 17.2 Å². The zero-order chi connectivity index (χ0) is 44.7. The number of rotatable bonds is 5. The molecule has 0 fully saturated rings. The molecule has 0 spiro atoms. The maximum absolute atomic E-state index is 14.6. The number of carbonyl (C=O) groups excluding carboxylic acids is 3. The highest BCUT2D eigenvalue weighted by Gasteiger charge is 2.50. The van der Waals surface area contributed by atoms with Crippen molar-refractivity contribution in [2.75, 3.05) is 25.6 Å². The molecule has 3 heterocycles. The topological polar surface area (TPSA) is 239 Å². The van der Waals surface area contributed by atoms with E-state index in [4.69, 9.17) is 38.8 Å². The maximum atomic E-state index is 14.6. The average Bonchev–Trinajstić information content (AvgIpc) is 3.50. The van der Waals surface area contributed by atoms with Gasteiger partial charge in [-0.3, -0.25) is 19.2 Å². The van der Waals surface area contributed by atoms with Crippen molar-refractivity contribution in [1.82, 2.24) is 4.98 Å². The molecule has 2 aromatic carbocycles. The predicted molar refractivity (Wildman–Crippen MR) is 225 cm³/mol. The lowest BCUT2D eigenvalue weighted by Crippen LogP contribution is -2.46. The molecule has 0 aromatic heterocycles. The molecule has 61 heavy (non-hydrogen) atoms. The molecule has 1 amide bonds. The molecule has 0 radical (unpaired) electrons. The van der Waals surface area contributed by atoms with E-state index in [-0.39, 0.29) is 69.1 Å². The molecule has 6 N–H and O–H groups in total. The van der Waals surface area contributed by atoms with Crippen LogP contribution in [0.15, 0.2) is 63.6 Å². The number of aliphatic hydroxyl groups excluding tert-OH is 2. The summed E-state index contributed by atoms with van der Waals surface area (Å²) in [5.41, 5.74) is 4.94. The second kappa shape index (κ2) is 17.7. The molecular formula is C45H53N3O13. The van der Waals surface area contributed by atoms with Crippen LogP contribution in [0.25, 0.3) is 33.3 Å². The lowest BCUT2D eigenvalue weighted by Gasteiger charge is -2.38. The molecule has 16 heteroatoms. The Kier molecular flexibility index (Phi) is 12.9. The third-order valence-electron chi connectivity index (χ3n) is 11.7. The molecule has 0 saturated heterocycles. The Labute approximate surface area is 352 Å². The number of phenols is 1. The first-order chi connectivity index (χ1) is 28.8. The van der Waals surface area contributed by atoms with Crippen molar-refractivity contribution in [2.24, 2.45) is 29.4 Å². The predicted octanol–water partition coefficient (Wildman–Crippen LogP) is 5.29. The van der Waals surface area contributed by atoms with E-state index in [1.807, 2.05) is 0 Å². The van der Waals surface area contributed by atoms with Gasteiger partial charge in [0.1, 0.15) is 46.9 Å². The summed E-state index contributed by atoms with van der Waals surface area (Å²) in [5, 5.41) is 36.9. The Morgan fingerprint density at radius 3 is 2.41 bits per heavy atom. The highest BCUT2D eigenvalue weighted by atomic mass is 16.7. The Balaban J connectivity index is 1.59. The zero-order valence-electron chi connectivity index (χ0n) is 35.6. The van der Waals surface area contributed by atoms with Crippen molar-refractivity contribution in [3.05, 3.63) is 75.7 Å². The van der Waals surface area contributed by atoms with Crippen LogP contribution >= 0.6 is 0 Å². The van der Waals surface area contributed by atoms with Crippen LogP contribution in [0.2, 0.25) is 0 Å². The van der Waals surface area contributed by atoms with E-state index < -0.39 is 82.7 Å². The number of aromatic hydroxyl groups is 1. The number of aromatic nitrogens is 1. The van der Waals surface area contributed by atoms with Crippen molar-refractivity contribution < 1.29 is 57.8 Å². The zero-order valence-corrected chi connectivity index (χ0v) is 35.6. The van der Waals surface area contributed by atoms with E-state index >= 15 is 0 Å². The average molecular weight is 844 g/mol. The molecule has 4 bridgehead atoms. The molecule has 4 aliphatic rings. The Hall–Kier alpha value is -5.81. The minimum Gasteiger partial charge on any atom is -0.507 e. The first-order valence-corrected chi connectivity index (χ1v) is 20.1. The van der Waals surface area contributed by atoms with E-state index in [2.05, 4.69) is 5.32 Å². The number of anilines is 1. The quantitative estimate of drug-likeness (QED) is 0.0975. The monoisotopic (exact) mass is 843 g/mol. The third-order valence-corrected chi connectivity index (χ3v) is 11.7. The minimum absolute atomic E-state index is 0.0367. The molecule has 9 atom stereocenters. The van der Waals surface area contributed by atoms with E-state index in [0.29, 0.717) is 11.3 Å². The SMILES string of the molecule is CO[C@H]1/C=C/O[C@@]2(C)Oc3c(C)c(O)c4c(=O)c(c5oc6cc(OCCN)ccc6nc-5c4c3C2=O)NC(=O)/C(C)=C\C=C\[C@H](C)[C@H](O)[C@@H](C)[C@@H](O)[C@@H](C)[C@H](OC(C)=O)[C@@H]1C. The summed E-state index contributed by atoms with van der Waals surface area (Å²) in [7, 11) is 1.44. The van der Waals surface area contributed by atoms with Gasteiger partial charge in [0.2, 0.25) is 5.43 Å². The number of fused-ring (bicyclic) bond motifs is 2. The van der Waals surface area contributed by atoms with Gasteiger partial charge in [0.15, 0.2) is 11.3 Å². The molecule has 3 aliphatic heterocycles. The number of esters is 1. The van der Waals surface area contributed by atoms with Crippen LogP contribution in [0, 0.1) is 30.6 Å². The van der Waals surface area contributed by atoms with Crippen molar-refractivity contribution in [3.63, 3.8) is 0 Å². The number of nitrogens with zero attached hydrogens (tertiary/aromatic N) is 1. The lowest BCUT2D eigenvalue weighted by atomic mass is 9.78. The fourth-order valence-corrected chi connectivity index (χ4v) is 8.05. The van der Waals surface area contributed by atoms with Crippen LogP contribution in [0.3, 0.4) is 0 Å². The summed E-state index contributed by atoms with van der Waals surface area (Å²) in [6.07, 6.45) is 3.53. The molecule has 6 rings (SSSR count). The first-order valence-electron chi connectivity index (χ1n) is 20.1. The number of nitrogens with two attached hydrogens (primary N) is 1. The number of hydrogen-bond donors (Lipinski definition) is 5. The highest BCUT2D eigenvalue weighted by molar-refractivity contribution is 6.22. The maximum Gasteiger partial charge on any atom is 0.312 e. The van der Waals surface area contributed by atoms with Crippen molar-refractivity contribution in [2.45, 2.75) is 85.6 Å². The van der Waals surface area contributed by atoms with Gasteiger partial charge in [-0.1, -0.05) is 45.9 Å². The van der Waals surface area contributed by atoms with Crippen LogP contribution in [-0.2, 0) is 23.8 Å². The standard InChI is InChI=1S/C45H53N3O13/c1-20-11-10-12-21(2)44(55)48-35-39(53)32-31(34-42(35)60-30-19-27(57-18-16-46)13-14-28(30)47-34)33-41(25(6)38(32)52)61-45(8,43(33)54)58-17-15-29(56-9)22(3)40(59-26(7)49)24(5)37(51)23(4)36(20)50/h10-15,17,19-20,22-24,29,36-37,40,50-52H,16,18,46H2,1-9H3,(H,48,55)/b11-10+,17-15+,21-12-/t20-,22+,23+,24+,29-,36-,37+,40+,45-/m0/s1. The number of nitrogens with one attached hydrogen (secondary N) is 1. The molecule has 2 aromatic rings. The molecule has 0 saturated carbocycles. The highest BCUT2D eigenvalue weighted by Crippen LogP contribution is 2.50. The first kappa shape index (κ1) is 44.7. The summed E-state index contributed by atoms with van der Waals surface area (Å²) < 4.78 is 35.8.